The lowest BCUT2D eigenvalue weighted by Crippen LogP contribution is -2.58. The smallest absolute Gasteiger partial charge is 0.0470 e. The van der Waals surface area contributed by atoms with Crippen LogP contribution in [0.3, 0.4) is 0 Å². The van der Waals surface area contributed by atoms with Crippen molar-refractivity contribution in [2.45, 2.75) is 26.3 Å². The monoisotopic (exact) mass is 204 g/mol. The number of nitrogens with one attached hydrogen (secondary N) is 1. The highest BCUT2D eigenvalue weighted by molar-refractivity contribution is 5.50. The largest absolute Gasteiger partial charge is 0.364 e. The molecule has 0 amide bonds. The van der Waals surface area contributed by atoms with Crippen LogP contribution in [-0.4, -0.2) is 25.2 Å². The van der Waals surface area contributed by atoms with E-state index in [1.54, 1.807) is 0 Å². The number of hydrogen-bond donors (Lipinski definition) is 1. The maximum atomic E-state index is 3.44. The number of benzene rings is 1. The first-order chi connectivity index (χ1) is 7.09. The number of hydrogen-bond acceptors (Lipinski definition) is 2. The lowest BCUT2D eigenvalue weighted by molar-refractivity contribution is 0.380. The van der Waals surface area contributed by atoms with Crippen molar-refractivity contribution in [3.05, 3.63) is 29.8 Å². The minimum absolute atomic E-state index is 0.216. The van der Waals surface area contributed by atoms with Crippen molar-refractivity contribution in [3.63, 3.8) is 0 Å². The molecule has 1 heterocycles. The maximum absolute atomic E-state index is 3.44. The lowest BCUT2D eigenvalue weighted by atomic mass is 9.99. The van der Waals surface area contributed by atoms with Crippen molar-refractivity contribution in [1.29, 1.82) is 0 Å². The molecule has 15 heavy (non-hydrogen) atoms. The summed E-state index contributed by atoms with van der Waals surface area (Å²) in [5.74, 6) is 0. The van der Waals surface area contributed by atoms with Gasteiger partial charge in [0.1, 0.15) is 0 Å². The fourth-order valence-electron chi connectivity index (χ4n) is 2.19. The Balaban J connectivity index is 2.25. The van der Waals surface area contributed by atoms with Crippen molar-refractivity contribution >= 4 is 5.69 Å². The number of piperazine rings is 1. The zero-order chi connectivity index (χ0) is 10.9. The Morgan fingerprint density at radius 3 is 2.47 bits per heavy atom. The highest BCUT2D eigenvalue weighted by atomic mass is 15.3. The zero-order valence-electron chi connectivity index (χ0n) is 9.88. The molecule has 1 aromatic rings. The second-order valence-electron chi connectivity index (χ2n) is 4.98. The van der Waals surface area contributed by atoms with Crippen molar-refractivity contribution in [3.8, 4) is 0 Å². The fraction of sp³-hybridized carbons (Fsp3) is 0.538. The second-order valence-corrected chi connectivity index (χ2v) is 4.98. The third kappa shape index (κ3) is 2.15. The van der Waals surface area contributed by atoms with Crippen LogP contribution in [0.2, 0.25) is 0 Å². The number of anilines is 1. The molecule has 0 aliphatic carbocycles. The Morgan fingerprint density at radius 1 is 1.20 bits per heavy atom. The molecule has 1 aliphatic rings. The predicted molar refractivity (Wildman–Crippen MR) is 65.5 cm³/mol. The van der Waals surface area contributed by atoms with Gasteiger partial charge in [-0.25, -0.2) is 0 Å². The molecule has 1 fully saturated rings. The molecule has 2 nitrogen and oxygen atoms in total. The van der Waals surface area contributed by atoms with Gasteiger partial charge in [-0.3, -0.25) is 0 Å². The van der Waals surface area contributed by atoms with Gasteiger partial charge in [0.05, 0.1) is 0 Å². The van der Waals surface area contributed by atoms with E-state index in [0.717, 1.165) is 19.6 Å². The topological polar surface area (TPSA) is 15.3 Å². The van der Waals surface area contributed by atoms with Gasteiger partial charge in [0.2, 0.25) is 0 Å². The van der Waals surface area contributed by atoms with E-state index in [0.29, 0.717) is 0 Å². The number of rotatable bonds is 1. The normalized spacial score (nSPS) is 20.3. The van der Waals surface area contributed by atoms with Crippen LogP contribution in [0.25, 0.3) is 0 Å². The molecule has 2 heteroatoms. The average Bonchev–Trinajstić information content (AvgIpc) is 2.19. The standard InChI is InChI=1S/C13H20N2/c1-11-4-6-12(7-5-11)15-9-8-14-10-13(15,2)3/h4-7,14H,8-10H2,1-3H3. The Kier molecular flexibility index (Phi) is 2.70. The Hall–Kier alpha value is -1.02. The van der Waals surface area contributed by atoms with E-state index in [9.17, 15) is 0 Å². The summed E-state index contributed by atoms with van der Waals surface area (Å²) < 4.78 is 0. The van der Waals surface area contributed by atoms with E-state index in [4.69, 9.17) is 0 Å². The molecule has 0 unspecified atom stereocenters. The molecule has 1 saturated heterocycles. The summed E-state index contributed by atoms with van der Waals surface area (Å²) in [5, 5.41) is 3.44. The summed E-state index contributed by atoms with van der Waals surface area (Å²) in [4.78, 5) is 2.49. The first-order valence-electron chi connectivity index (χ1n) is 5.65. The van der Waals surface area contributed by atoms with Gasteiger partial charge < -0.3 is 10.2 Å². The SMILES string of the molecule is Cc1ccc(N2CCNCC2(C)C)cc1. The third-order valence-corrected chi connectivity index (χ3v) is 3.15. The summed E-state index contributed by atoms with van der Waals surface area (Å²) in [7, 11) is 0. The van der Waals surface area contributed by atoms with E-state index in [1.165, 1.54) is 11.3 Å². The van der Waals surface area contributed by atoms with Crippen LogP contribution in [0.4, 0.5) is 5.69 Å². The molecule has 0 aromatic heterocycles. The number of nitrogens with zero attached hydrogens (tertiary/aromatic N) is 1. The van der Waals surface area contributed by atoms with E-state index < -0.39 is 0 Å². The van der Waals surface area contributed by atoms with Crippen LogP contribution in [0.5, 0.6) is 0 Å². The van der Waals surface area contributed by atoms with E-state index in [1.807, 2.05) is 0 Å². The summed E-state index contributed by atoms with van der Waals surface area (Å²) in [6.07, 6.45) is 0. The van der Waals surface area contributed by atoms with Crippen LogP contribution < -0.4 is 10.2 Å². The fourth-order valence-corrected chi connectivity index (χ4v) is 2.19. The third-order valence-electron chi connectivity index (χ3n) is 3.15. The van der Waals surface area contributed by atoms with Crippen molar-refractivity contribution in [2.24, 2.45) is 0 Å². The Labute approximate surface area is 92.3 Å². The highest BCUT2D eigenvalue weighted by Crippen LogP contribution is 2.25. The molecule has 0 bridgehead atoms. The van der Waals surface area contributed by atoms with Crippen molar-refractivity contribution in [1.82, 2.24) is 5.32 Å². The maximum Gasteiger partial charge on any atom is 0.0470 e. The van der Waals surface area contributed by atoms with Gasteiger partial charge in [-0.2, -0.15) is 0 Å². The van der Waals surface area contributed by atoms with Gasteiger partial charge in [-0.1, -0.05) is 17.7 Å². The van der Waals surface area contributed by atoms with Crippen molar-refractivity contribution in [2.75, 3.05) is 24.5 Å². The first-order valence-corrected chi connectivity index (χ1v) is 5.65. The average molecular weight is 204 g/mol. The van der Waals surface area contributed by atoms with Crippen LogP contribution >= 0.6 is 0 Å². The molecule has 2 rings (SSSR count). The molecule has 1 aliphatic heterocycles. The number of aryl methyl sites for hydroxylation is 1. The van der Waals surface area contributed by atoms with E-state index >= 15 is 0 Å². The predicted octanol–water partition coefficient (Wildman–Crippen LogP) is 2.18. The Morgan fingerprint density at radius 2 is 1.87 bits per heavy atom. The summed E-state index contributed by atoms with van der Waals surface area (Å²) in [6.45, 7) is 9.94. The molecular formula is C13H20N2. The summed E-state index contributed by atoms with van der Waals surface area (Å²) in [5.41, 5.74) is 2.88. The molecule has 1 N–H and O–H groups in total. The molecule has 0 saturated carbocycles. The van der Waals surface area contributed by atoms with Crippen LogP contribution in [0.1, 0.15) is 19.4 Å². The summed E-state index contributed by atoms with van der Waals surface area (Å²) in [6, 6.07) is 8.83. The van der Waals surface area contributed by atoms with Crippen LogP contribution in [-0.2, 0) is 0 Å². The van der Waals surface area contributed by atoms with Crippen LogP contribution in [0.15, 0.2) is 24.3 Å². The van der Waals surface area contributed by atoms with Gasteiger partial charge >= 0.3 is 0 Å². The summed E-state index contributed by atoms with van der Waals surface area (Å²) >= 11 is 0. The second kappa shape index (κ2) is 3.86. The molecular weight excluding hydrogens is 184 g/mol. The van der Waals surface area contributed by atoms with Gasteiger partial charge in [0.25, 0.3) is 0 Å². The minimum atomic E-state index is 0.216. The van der Waals surface area contributed by atoms with Crippen molar-refractivity contribution < 1.29 is 0 Å². The molecule has 0 radical (unpaired) electrons. The molecule has 0 spiro atoms. The van der Waals surface area contributed by atoms with Gasteiger partial charge in [0, 0.05) is 30.9 Å². The lowest BCUT2D eigenvalue weighted by Gasteiger charge is -2.44. The van der Waals surface area contributed by atoms with Gasteiger partial charge in [0.15, 0.2) is 0 Å². The molecule has 1 aromatic carbocycles. The van der Waals surface area contributed by atoms with E-state index in [2.05, 4.69) is 55.3 Å². The first kappa shape index (κ1) is 10.5. The van der Waals surface area contributed by atoms with Gasteiger partial charge in [-0.05, 0) is 32.9 Å². The molecule has 82 valence electrons. The quantitative estimate of drug-likeness (QED) is 0.754. The minimum Gasteiger partial charge on any atom is -0.364 e. The highest BCUT2D eigenvalue weighted by Gasteiger charge is 2.29. The molecule has 0 atom stereocenters. The zero-order valence-corrected chi connectivity index (χ0v) is 9.88. The Bertz CT molecular complexity index is 327. The van der Waals surface area contributed by atoms with E-state index in [-0.39, 0.29) is 5.54 Å². The van der Waals surface area contributed by atoms with Gasteiger partial charge in [-0.15, -0.1) is 0 Å². The van der Waals surface area contributed by atoms with Crippen LogP contribution in [0, 0.1) is 6.92 Å².